The van der Waals surface area contributed by atoms with Crippen molar-refractivity contribution in [2.45, 2.75) is 12.8 Å². The molecule has 0 atom stereocenters. The molecule has 0 aliphatic carbocycles. The number of anilines is 1. The second-order valence-corrected chi connectivity index (χ2v) is 6.78. The van der Waals surface area contributed by atoms with Crippen LogP contribution in [-0.4, -0.2) is 61.7 Å². The zero-order valence-electron chi connectivity index (χ0n) is 16.3. The number of para-hydroxylation sites is 1. The molecule has 3 N–H and O–H groups in total. The van der Waals surface area contributed by atoms with Crippen molar-refractivity contribution in [3.8, 4) is 0 Å². The summed E-state index contributed by atoms with van der Waals surface area (Å²) in [5.74, 6) is 0.528. The lowest BCUT2D eigenvalue weighted by Gasteiger charge is -2.36. The highest BCUT2D eigenvalue weighted by molar-refractivity contribution is 14.0. The van der Waals surface area contributed by atoms with Crippen LogP contribution >= 0.6 is 24.0 Å². The third-order valence-electron chi connectivity index (χ3n) is 4.82. The van der Waals surface area contributed by atoms with Gasteiger partial charge in [0.1, 0.15) is 0 Å². The van der Waals surface area contributed by atoms with Crippen LogP contribution in [0, 0.1) is 0 Å². The van der Waals surface area contributed by atoms with E-state index in [0.29, 0.717) is 5.96 Å². The Hall–Kier alpha value is -1.87. The molecule has 1 saturated heterocycles. The molecule has 1 aliphatic heterocycles. The number of pyridine rings is 1. The predicted molar refractivity (Wildman–Crippen MR) is 128 cm³/mol. The van der Waals surface area contributed by atoms with Gasteiger partial charge >= 0.3 is 0 Å². The van der Waals surface area contributed by atoms with E-state index in [1.54, 1.807) is 0 Å². The number of nitrogens with zero attached hydrogens (tertiary/aromatic N) is 4. The summed E-state index contributed by atoms with van der Waals surface area (Å²) < 4.78 is 0. The monoisotopic (exact) mass is 494 g/mol. The Balaban J connectivity index is 0.00000280. The Labute approximate surface area is 185 Å². The number of piperazine rings is 1. The topological polar surface area (TPSA) is 69.8 Å². The summed E-state index contributed by atoms with van der Waals surface area (Å²) in [7, 11) is 0. The van der Waals surface area contributed by atoms with E-state index in [1.165, 1.54) is 5.69 Å². The fourth-order valence-electron chi connectivity index (χ4n) is 3.28. The van der Waals surface area contributed by atoms with E-state index in [1.807, 2.05) is 24.4 Å². The smallest absolute Gasteiger partial charge is 0.188 e. The van der Waals surface area contributed by atoms with E-state index in [2.05, 4.69) is 55.4 Å². The summed E-state index contributed by atoms with van der Waals surface area (Å²) in [4.78, 5) is 13.7. The van der Waals surface area contributed by atoms with E-state index in [0.717, 1.165) is 64.3 Å². The molecule has 1 aliphatic rings. The minimum absolute atomic E-state index is 0. The summed E-state index contributed by atoms with van der Waals surface area (Å²) in [5.41, 5.74) is 8.33. The molecular weight excluding hydrogens is 463 g/mol. The number of aromatic nitrogens is 1. The maximum atomic E-state index is 5.94. The molecule has 0 saturated carbocycles. The Bertz CT molecular complexity index is 687. The average molecular weight is 494 g/mol. The standard InChI is InChI=1S/C21H30N6.HI/c22-21(25-13-10-19-7-4-5-11-23-19)24-12-6-14-26-15-17-27(18-16-26)20-8-2-1-3-9-20;/h1-5,7-9,11H,6,10,12-18H2,(H3,22,24,25);1H. The van der Waals surface area contributed by atoms with Crippen molar-refractivity contribution < 1.29 is 0 Å². The van der Waals surface area contributed by atoms with Crippen molar-refractivity contribution >= 4 is 35.6 Å². The molecule has 6 nitrogen and oxygen atoms in total. The second kappa shape index (κ2) is 12.6. The van der Waals surface area contributed by atoms with Crippen LogP contribution in [0.1, 0.15) is 12.1 Å². The fourth-order valence-corrected chi connectivity index (χ4v) is 3.28. The molecule has 0 spiro atoms. The molecule has 7 heteroatoms. The van der Waals surface area contributed by atoms with Gasteiger partial charge in [0, 0.05) is 69.8 Å². The zero-order valence-corrected chi connectivity index (χ0v) is 18.7. The van der Waals surface area contributed by atoms with Gasteiger partial charge in [0.2, 0.25) is 0 Å². The molecule has 0 amide bonds. The molecule has 1 aromatic carbocycles. The third-order valence-corrected chi connectivity index (χ3v) is 4.82. The summed E-state index contributed by atoms with van der Waals surface area (Å²) in [5, 5.41) is 3.16. The van der Waals surface area contributed by atoms with E-state index in [-0.39, 0.29) is 24.0 Å². The van der Waals surface area contributed by atoms with Gasteiger partial charge in [0.15, 0.2) is 5.96 Å². The van der Waals surface area contributed by atoms with Crippen molar-refractivity contribution in [3.63, 3.8) is 0 Å². The van der Waals surface area contributed by atoms with Gasteiger partial charge in [-0.2, -0.15) is 0 Å². The first-order valence-electron chi connectivity index (χ1n) is 9.77. The zero-order chi connectivity index (χ0) is 18.7. The maximum absolute atomic E-state index is 5.94. The first kappa shape index (κ1) is 22.4. The minimum Gasteiger partial charge on any atom is -0.370 e. The molecule has 0 bridgehead atoms. The van der Waals surface area contributed by atoms with Crippen LogP contribution in [0.4, 0.5) is 5.69 Å². The minimum atomic E-state index is 0. The predicted octanol–water partition coefficient (Wildman–Crippen LogP) is 2.36. The van der Waals surface area contributed by atoms with E-state index < -0.39 is 0 Å². The number of hydrogen-bond acceptors (Lipinski definition) is 4. The number of aliphatic imine (C=N–C) groups is 1. The van der Waals surface area contributed by atoms with E-state index in [9.17, 15) is 0 Å². The highest BCUT2D eigenvalue weighted by Crippen LogP contribution is 2.15. The lowest BCUT2D eigenvalue weighted by atomic mass is 10.2. The maximum Gasteiger partial charge on any atom is 0.188 e. The van der Waals surface area contributed by atoms with Crippen LogP contribution in [-0.2, 0) is 6.42 Å². The lowest BCUT2D eigenvalue weighted by Crippen LogP contribution is -2.46. The van der Waals surface area contributed by atoms with E-state index in [4.69, 9.17) is 5.73 Å². The van der Waals surface area contributed by atoms with Gasteiger partial charge in [-0.15, -0.1) is 24.0 Å². The Morgan fingerprint density at radius 2 is 1.79 bits per heavy atom. The van der Waals surface area contributed by atoms with Gasteiger partial charge in [-0.25, -0.2) is 0 Å². The number of benzene rings is 1. The Morgan fingerprint density at radius 3 is 2.50 bits per heavy atom. The van der Waals surface area contributed by atoms with Crippen molar-refractivity contribution in [3.05, 3.63) is 60.4 Å². The molecular formula is C21H31IN6. The lowest BCUT2D eigenvalue weighted by molar-refractivity contribution is 0.256. The van der Waals surface area contributed by atoms with Gasteiger partial charge in [-0.1, -0.05) is 24.3 Å². The van der Waals surface area contributed by atoms with Crippen LogP contribution in [0.5, 0.6) is 0 Å². The summed E-state index contributed by atoms with van der Waals surface area (Å²) >= 11 is 0. The largest absolute Gasteiger partial charge is 0.370 e. The molecule has 3 rings (SSSR count). The van der Waals surface area contributed by atoms with Crippen molar-refractivity contribution in [2.75, 3.05) is 50.7 Å². The van der Waals surface area contributed by atoms with E-state index >= 15 is 0 Å². The number of hydrogen-bond donors (Lipinski definition) is 2. The normalized spacial score (nSPS) is 15.1. The second-order valence-electron chi connectivity index (χ2n) is 6.78. The molecule has 28 heavy (non-hydrogen) atoms. The van der Waals surface area contributed by atoms with Gasteiger partial charge in [0.25, 0.3) is 0 Å². The van der Waals surface area contributed by atoms with Crippen LogP contribution in [0.2, 0.25) is 0 Å². The Morgan fingerprint density at radius 1 is 1.04 bits per heavy atom. The molecule has 2 aromatic rings. The SMILES string of the molecule is I.NC(=NCCCN1CCN(c2ccccc2)CC1)NCCc1ccccn1. The summed E-state index contributed by atoms with van der Waals surface area (Å²) in [6.07, 6.45) is 3.70. The van der Waals surface area contributed by atoms with Crippen LogP contribution in [0.25, 0.3) is 0 Å². The molecule has 152 valence electrons. The number of nitrogens with two attached hydrogens (primary N) is 1. The van der Waals surface area contributed by atoms with Gasteiger partial charge in [0.05, 0.1) is 0 Å². The number of nitrogens with one attached hydrogen (secondary N) is 1. The molecule has 0 unspecified atom stereocenters. The highest BCUT2D eigenvalue weighted by atomic mass is 127. The fraction of sp³-hybridized carbons (Fsp3) is 0.429. The third kappa shape index (κ3) is 7.63. The highest BCUT2D eigenvalue weighted by Gasteiger charge is 2.16. The average Bonchev–Trinajstić information content (AvgIpc) is 2.73. The summed E-state index contributed by atoms with van der Waals surface area (Å²) in [6, 6.07) is 16.6. The number of halogens is 1. The van der Waals surface area contributed by atoms with Crippen LogP contribution in [0.15, 0.2) is 59.7 Å². The van der Waals surface area contributed by atoms with Crippen molar-refractivity contribution in [2.24, 2.45) is 10.7 Å². The van der Waals surface area contributed by atoms with Gasteiger partial charge in [-0.3, -0.25) is 14.9 Å². The van der Waals surface area contributed by atoms with Crippen molar-refractivity contribution in [1.29, 1.82) is 0 Å². The molecule has 1 aromatic heterocycles. The molecule has 1 fully saturated rings. The Kier molecular flexibility index (Phi) is 10.1. The summed E-state index contributed by atoms with van der Waals surface area (Å²) in [6.45, 7) is 6.99. The van der Waals surface area contributed by atoms with Gasteiger partial charge in [-0.05, 0) is 30.7 Å². The number of rotatable bonds is 8. The van der Waals surface area contributed by atoms with Gasteiger partial charge < -0.3 is 16.0 Å². The van der Waals surface area contributed by atoms with Crippen LogP contribution < -0.4 is 16.0 Å². The number of guanidine groups is 1. The molecule has 0 radical (unpaired) electrons. The molecule has 2 heterocycles. The quantitative estimate of drug-likeness (QED) is 0.255. The first-order chi connectivity index (χ1) is 13.3. The van der Waals surface area contributed by atoms with Crippen molar-refractivity contribution in [1.82, 2.24) is 15.2 Å². The first-order valence-corrected chi connectivity index (χ1v) is 9.77. The van der Waals surface area contributed by atoms with Crippen LogP contribution in [0.3, 0.4) is 0 Å².